The Morgan fingerprint density at radius 3 is 1.08 bits per heavy atom. The molecule has 0 fully saturated rings. The van der Waals surface area contributed by atoms with Crippen molar-refractivity contribution in [3.63, 3.8) is 0 Å². The van der Waals surface area contributed by atoms with E-state index in [0.29, 0.717) is 36.8 Å². The van der Waals surface area contributed by atoms with E-state index < -0.39 is 82.4 Å². The Kier molecular flexibility index (Phi) is 15.1. The summed E-state index contributed by atoms with van der Waals surface area (Å²) < 4.78 is 139. The van der Waals surface area contributed by atoms with Crippen molar-refractivity contribution in [1.82, 2.24) is 0 Å². The van der Waals surface area contributed by atoms with E-state index in [1.807, 2.05) is 0 Å². The number of benzene rings is 2. The van der Waals surface area contributed by atoms with Gasteiger partial charge in [-0.3, -0.25) is 0 Å². The third-order valence-electron chi connectivity index (χ3n) is 9.92. The van der Waals surface area contributed by atoms with Gasteiger partial charge in [-0.15, -0.1) is 0 Å². The SMILES string of the molecule is CCCCCCCCOc1c(F)c(F)[c]([Ti]([C]2=C(C)C=CC2)([C]2=C(C)C=CC2)[c]2c(F)c(F)c(OCCCCCCCC)c(F)c2F)c(F)c1F. The molecule has 2 aromatic carbocycles. The normalized spacial score (nSPS) is 14.5. The molecular weight excluding hydrogens is 712 g/mol. The molecule has 0 saturated carbocycles. The van der Waals surface area contributed by atoms with Gasteiger partial charge < -0.3 is 0 Å². The van der Waals surface area contributed by atoms with Crippen LogP contribution < -0.4 is 17.2 Å². The summed E-state index contributed by atoms with van der Waals surface area (Å²) in [7, 11) is 0. The summed E-state index contributed by atoms with van der Waals surface area (Å²) in [5, 5.41) is 0. The number of hydrogen-bond acceptors (Lipinski definition) is 2. The summed E-state index contributed by atoms with van der Waals surface area (Å²) in [4.78, 5) is 0. The van der Waals surface area contributed by atoms with Crippen molar-refractivity contribution in [3.05, 3.63) is 89.7 Å². The Morgan fingerprint density at radius 1 is 0.471 bits per heavy atom. The van der Waals surface area contributed by atoms with Gasteiger partial charge in [-0.1, -0.05) is 13.8 Å². The summed E-state index contributed by atoms with van der Waals surface area (Å²) in [6.07, 6.45) is 15.8. The molecule has 0 amide bonds. The van der Waals surface area contributed by atoms with Crippen LogP contribution in [0.15, 0.2) is 43.2 Å². The molecule has 280 valence electrons. The first kappa shape index (κ1) is 40.9. The minimum atomic E-state index is -6.03. The molecule has 0 radical (unpaired) electrons. The molecule has 0 bridgehead atoms. The fourth-order valence-corrected chi connectivity index (χ4v) is 16.3. The summed E-state index contributed by atoms with van der Waals surface area (Å²) in [5.41, 5.74) is 0.654. The Labute approximate surface area is 300 Å². The first-order valence-corrected chi connectivity index (χ1v) is 21.3. The third-order valence-corrected chi connectivity index (χ3v) is 18.3. The Hall–Kier alpha value is -2.85. The van der Waals surface area contributed by atoms with E-state index in [1.54, 1.807) is 24.3 Å². The monoisotopic (exact) mass is 760 g/mol. The summed E-state index contributed by atoms with van der Waals surface area (Å²) in [6, 6.07) is 0. The molecule has 2 aromatic rings. The van der Waals surface area contributed by atoms with Crippen molar-refractivity contribution in [1.29, 1.82) is 0 Å². The molecule has 51 heavy (non-hydrogen) atoms. The molecule has 0 N–H and O–H groups in total. The second-order valence-corrected chi connectivity index (χ2v) is 19.2. The average molecular weight is 761 g/mol. The van der Waals surface area contributed by atoms with Gasteiger partial charge in [-0.05, 0) is 0 Å². The van der Waals surface area contributed by atoms with Crippen LogP contribution in [0.2, 0.25) is 0 Å². The van der Waals surface area contributed by atoms with Gasteiger partial charge in [-0.25, -0.2) is 0 Å². The Bertz CT molecular complexity index is 1510. The molecule has 2 aliphatic carbocycles. The molecule has 0 atom stereocenters. The van der Waals surface area contributed by atoms with Crippen LogP contribution in [0.1, 0.15) is 118 Å². The molecule has 2 nitrogen and oxygen atoms in total. The van der Waals surface area contributed by atoms with Gasteiger partial charge in [0.2, 0.25) is 0 Å². The van der Waals surface area contributed by atoms with E-state index in [4.69, 9.17) is 9.47 Å². The van der Waals surface area contributed by atoms with E-state index in [2.05, 4.69) is 13.8 Å². The van der Waals surface area contributed by atoms with Crippen LogP contribution in [0, 0.1) is 46.5 Å². The number of rotatable bonds is 20. The van der Waals surface area contributed by atoms with Crippen LogP contribution in [-0.4, -0.2) is 13.2 Å². The fourth-order valence-electron chi connectivity index (χ4n) is 7.29. The topological polar surface area (TPSA) is 18.5 Å². The van der Waals surface area contributed by atoms with Gasteiger partial charge in [0.25, 0.3) is 0 Å². The molecule has 0 spiro atoms. The van der Waals surface area contributed by atoms with E-state index in [1.165, 1.54) is 13.8 Å². The molecular formula is C40H48F8O2Ti. The molecule has 4 rings (SSSR count). The van der Waals surface area contributed by atoms with E-state index in [9.17, 15) is 0 Å². The van der Waals surface area contributed by atoms with Crippen molar-refractivity contribution >= 4 is 7.74 Å². The summed E-state index contributed by atoms with van der Waals surface area (Å²) >= 11 is -6.03. The zero-order chi connectivity index (χ0) is 37.3. The second kappa shape index (κ2) is 18.8. The standard InChI is InChI=1S/2C14H17F4O.2C6H7.Ti/c2*1-2-3-4-5-6-7-8-19-14-12(17)10(15)9-11(16)13(14)18;2*1-6-4-2-3-5-6;/h2*2-8H2,1H3;2*2,4H,3H2,1H3;. The van der Waals surface area contributed by atoms with Crippen LogP contribution in [0.25, 0.3) is 0 Å². The number of allylic oxidation sites excluding steroid dienone is 8. The average Bonchev–Trinajstić information content (AvgIpc) is 3.75. The van der Waals surface area contributed by atoms with Crippen molar-refractivity contribution in [2.45, 2.75) is 118 Å². The molecule has 0 aromatic heterocycles. The van der Waals surface area contributed by atoms with Gasteiger partial charge in [0.1, 0.15) is 0 Å². The van der Waals surface area contributed by atoms with Crippen molar-refractivity contribution in [2.24, 2.45) is 0 Å². The predicted octanol–water partition coefficient (Wildman–Crippen LogP) is 11.9. The first-order valence-electron chi connectivity index (χ1n) is 18.2. The second-order valence-electron chi connectivity index (χ2n) is 13.4. The van der Waals surface area contributed by atoms with Gasteiger partial charge in [0, 0.05) is 0 Å². The summed E-state index contributed by atoms with van der Waals surface area (Å²) in [5.74, 6) is -17.7. The van der Waals surface area contributed by atoms with Crippen molar-refractivity contribution < 1.29 is 61.2 Å². The van der Waals surface area contributed by atoms with Crippen LogP contribution in [0.4, 0.5) is 35.1 Å². The van der Waals surface area contributed by atoms with Crippen LogP contribution >= 0.6 is 0 Å². The number of hydrogen-bond donors (Lipinski definition) is 0. The fraction of sp³-hybridized carbons (Fsp3) is 0.500. The maximum atomic E-state index is 16.7. The zero-order valence-corrected chi connectivity index (χ0v) is 31.5. The number of ether oxygens (including phenoxy) is 2. The molecule has 0 aliphatic heterocycles. The predicted molar refractivity (Wildman–Crippen MR) is 182 cm³/mol. The van der Waals surface area contributed by atoms with Crippen LogP contribution in [-0.2, 0) is 16.6 Å². The first-order chi connectivity index (χ1) is 24.5. The van der Waals surface area contributed by atoms with Crippen molar-refractivity contribution in [3.8, 4) is 11.5 Å². The van der Waals surface area contributed by atoms with Gasteiger partial charge in [-0.2, -0.15) is 0 Å². The minimum absolute atomic E-state index is 0.0859. The number of unbranched alkanes of at least 4 members (excludes halogenated alkanes) is 10. The Balaban J connectivity index is 1.91. The van der Waals surface area contributed by atoms with Crippen LogP contribution in [0.3, 0.4) is 0 Å². The quantitative estimate of drug-likeness (QED) is 0.0579. The van der Waals surface area contributed by atoms with Gasteiger partial charge >= 0.3 is 287 Å². The van der Waals surface area contributed by atoms with E-state index in [-0.39, 0.29) is 33.8 Å². The van der Waals surface area contributed by atoms with Crippen molar-refractivity contribution in [2.75, 3.05) is 13.2 Å². The van der Waals surface area contributed by atoms with Crippen LogP contribution in [0.5, 0.6) is 11.5 Å². The van der Waals surface area contributed by atoms with E-state index in [0.717, 1.165) is 51.4 Å². The molecule has 0 saturated heterocycles. The third kappa shape index (κ3) is 8.37. The van der Waals surface area contributed by atoms with E-state index >= 15 is 35.1 Å². The van der Waals surface area contributed by atoms with Gasteiger partial charge in [0.05, 0.1) is 0 Å². The Morgan fingerprint density at radius 2 is 0.784 bits per heavy atom. The molecule has 0 heterocycles. The zero-order valence-electron chi connectivity index (χ0n) is 30.0. The molecule has 0 unspecified atom stereocenters. The van der Waals surface area contributed by atoms with Gasteiger partial charge in [0.15, 0.2) is 0 Å². The summed E-state index contributed by atoms with van der Waals surface area (Å²) in [6.45, 7) is 6.70. The maximum absolute atomic E-state index is 16.7. The molecule has 2 aliphatic rings. The number of halogens is 8. The molecule has 11 heteroatoms.